The standard InChI is InChI=1S/C15H21ClN2O2/c1-19-14-5-6-17-13(15(14)20-2)9-18-11-3-4-12(18)8-10(16)7-11/h5-6,10-12H,3-4,7-9H2,1-2H3. The van der Waals surface area contributed by atoms with Crippen LogP contribution in [0.2, 0.25) is 0 Å². The van der Waals surface area contributed by atoms with Gasteiger partial charge in [0.15, 0.2) is 11.5 Å². The lowest BCUT2D eigenvalue weighted by molar-refractivity contribution is 0.131. The first-order valence-corrected chi connectivity index (χ1v) is 7.62. The van der Waals surface area contributed by atoms with E-state index >= 15 is 0 Å². The number of aromatic nitrogens is 1. The summed E-state index contributed by atoms with van der Waals surface area (Å²) in [5.74, 6) is 1.50. The van der Waals surface area contributed by atoms with E-state index < -0.39 is 0 Å². The number of alkyl halides is 1. The van der Waals surface area contributed by atoms with E-state index in [1.165, 1.54) is 12.8 Å². The number of methoxy groups -OCH3 is 2. The van der Waals surface area contributed by atoms with Crippen molar-refractivity contribution in [2.45, 2.75) is 49.7 Å². The van der Waals surface area contributed by atoms with Crippen molar-refractivity contribution in [1.29, 1.82) is 0 Å². The van der Waals surface area contributed by atoms with Crippen molar-refractivity contribution in [3.63, 3.8) is 0 Å². The first-order chi connectivity index (χ1) is 9.72. The summed E-state index contributed by atoms with van der Waals surface area (Å²) in [7, 11) is 3.33. The highest BCUT2D eigenvalue weighted by atomic mass is 35.5. The molecule has 2 unspecified atom stereocenters. The molecule has 1 aromatic rings. The fraction of sp³-hybridized carbons (Fsp3) is 0.667. The molecule has 3 heterocycles. The second-order valence-corrected chi connectivity index (χ2v) is 6.24. The summed E-state index contributed by atoms with van der Waals surface area (Å²) in [4.78, 5) is 7.03. The maximum absolute atomic E-state index is 6.33. The van der Waals surface area contributed by atoms with Crippen molar-refractivity contribution in [3.05, 3.63) is 18.0 Å². The minimum Gasteiger partial charge on any atom is -0.493 e. The van der Waals surface area contributed by atoms with Crippen LogP contribution < -0.4 is 9.47 Å². The van der Waals surface area contributed by atoms with E-state index in [4.69, 9.17) is 21.1 Å². The van der Waals surface area contributed by atoms with Crippen molar-refractivity contribution in [2.24, 2.45) is 0 Å². The molecule has 2 aliphatic heterocycles. The van der Waals surface area contributed by atoms with E-state index in [-0.39, 0.29) is 0 Å². The first-order valence-electron chi connectivity index (χ1n) is 7.18. The quantitative estimate of drug-likeness (QED) is 0.800. The van der Waals surface area contributed by atoms with Crippen molar-refractivity contribution in [3.8, 4) is 11.5 Å². The smallest absolute Gasteiger partial charge is 0.183 e. The highest BCUT2D eigenvalue weighted by molar-refractivity contribution is 6.20. The molecular weight excluding hydrogens is 276 g/mol. The summed E-state index contributed by atoms with van der Waals surface area (Å²) >= 11 is 6.33. The fourth-order valence-electron chi connectivity index (χ4n) is 3.60. The molecule has 2 saturated heterocycles. The van der Waals surface area contributed by atoms with Gasteiger partial charge in [0.25, 0.3) is 0 Å². The predicted molar refractivity (Wildman–Crippen MR) is 78.6 cm³/mol. The molecule has 20 heavy (non-hydrogen) atoms. The van der Waals surface area contributed by atoms with Crippen LogP contribution in [-0.2, 0) is 6.54 Å². The van der Waals surface area contributed by atoms with E-state index in [1.54, 1.807) is 20.4 Å². The maximum Gasteiger partial charge on any atom is 0.183 e. The van der Waals surface area contributed by atoms with Gasteiger partial charge >= 0.3 is 0 Å². The average molecular weight is 297 g/mol. The molecule has 1 aromatic heterocycles. The Kier molecular flexibility index (Phi) is 4.03. The van der Waals surface area contributed by atoms with E-state index in [1.807, 2.05) is 6.07 Å². The highest BCUT2D eigenvalue weighted by Gasteiger charge is 2.40. The zero-order valence-corrected chi connectivity index (χ0v) is 12.8. The second kappa shape index (κ2) is 5.78. The lowest BCUT2D eigenvalue weighted by atomic mass is 10.0. The molecular formula is C15H21ClN2O2. The Bertz CT molecular complexity index is 469. The largest absolute Gasteiger partial charge is 0.493 e. The minimum atomic E-state index is 0.337. The fourth-order valence-corrected chi connectivity index (χ4v) is 4.01. The van der Waals surface area contributed by atoms with E-state index in [0.717, 1.165) is 36.6 Å². The molecule has 2 aliphatic rings. The molecule has 2 bridgehead atoms. The molecule has 0 saturated carbocycles. The third-order valence-corrected chi connectivity index (χ3v) is 4.88. The monoisotopic (exact) mass is 296 g/mol. The van der Waals surface area contributed by atoms with E-state index in [2.05, 4.69) is 9.88 Å². The van der Waals surface area contributed by atoms with Crippen molar-refractivity contribution in [1.82, 2.24) is 9.88 Å². The van der Waals surface area contributed by atoms with Gasteiger partial charge in [0, 0.05) is 36.3 Å². The van der Waals surface area contributed by atoms with Crippen LogP contribution in [0.15, 0.2) is 12.3 Å². The molecule has 0 aromatic carbocycles. The molecule has 0 N–H and O–H groups in total. The SMILES string of the molecule is COc1ccnc(CN2C3CCC2CC(Cl)C3)c1OC. The van der Waals surface area contributed by atoms with Gasteiger partial charge in [-0.3, -0.25) is 9.88 Å². The molecule has 5 heteroatoms. The number of hydrogen-bond donors (Lipinski definition) is 0. The van der Waals surface area contributed by atoms with Gasteiger partial charge in [-0.25, -0.2) is 0 Å². The van der Waals surface area contributed by atoms with Gasteiger partial charge in [0.2, 0.25) is 0 Å². The molecule has 3 rings (SSSR count). The van der Waals surface area contributed by atoms with Gasteiger partial charge in [-0.05, 0) is 25.7 Å². The van der Waals surface area contributed by atoms with Crippen LogP contribution in [0, 0.1) is 0 Å². The summed E-state index contributed by atoms with van der Waals surface area (Å²) in [6.45, 7) is 0.819. The van der Waals surface area contributed by atoms with Crippen molar-refractivity contribution >= 4 is 11.6 Å². The normalized spacial score (nSPS) is 29.4. The van der Waals surface area contributed by atoms with Crippen LogP contribution in [0.4, 0.5) is 0 Å². The summed E-state index contributed by atoms with van der Waals surface area (Å²) in [5, 5.41) is 0.337. The van der Waals surface area contributed by atoms with Gasteiger partial charge in [0.05, 0.1) is 14.2 Å². The Labute approximate surface area is 125 Å². The third-order valence-electron chi connectivity index (χ3n) is 4.53. The Balaban J connectivity index is 1.82. The molecule has 0 aliphatic carbocycles. The van der Waals surface area contributed by atoms with Crippen LogP contribution in [-0.4, -0.2) is 41.6 Å². The Morgan fingerprint density at radius 1 is 1.25 bits per heavy atom. The number of nitrogens with zero attached hydrogens (tertiary/aromatic N) is 2. The van der Waals surface area contributed by atoms with Gasteiger partial charge in [-0.2, -0.15) is 0 Å². The lowest BCUT2D eigenvalue weighted by Crippen LogP contribution is -2.42. The van der Waals surface area contributed by atoms with Gasteiger partial charge in [-0.1, -0.05) is 0 Å². The number of rotatable bonds is 4. The topological polar surface area (TPSA) is 34.6 Å². The highest BCUT2D eigenvalue weighted by Crippen LogP contribution is 2.40. The first kappa shape index (κ1) is 14.0. The second-order valence-electron chi connectivity index (χ2n) is 5.62. The van der Waals surface area contributed by atoms with E-state index in [9.17, 15) is 0 Å². The Morgan fingerprint density at radius 3 is 2.55 bits per heavy atom. The van der Waals surface area contributed by atoms with E-state index in [0.29, 0.717) is 17.5 Å². The zero-order valence-electron chi connectivity index (χ0n) is 12.0. The average Bonchev–Trinajstić information content (AvgIpc) is 2.70. The molecule has 0 radical (unpaired) electrons. The van der Waals surface area contributed by atoms with Gasteiger partial charge < -0.3 is 9.47 Å². The number of halogens is 1. The summed E-state index contributed by atoms with van der Waals surface area (Å²) in [6, 6.07) is 3.02. The van der Waals surface area contributed by atoms with Crippen molar-refractivity contribution < 1.29 is 9.47 Å². The molecule has 2 fully saturated rings. The molecule has 2 atom stereocenters. The number of fused-ring (bicyclic) bond motifs is 2. The number of piperidine rings is 1. The predicted octanol–water partition coefficient (Wildman–Crippen LogP) is 2.83. The van der Waals surface area contributed by atoms with Crippen LogP contribution in [0.3, 0.4) is 0 Å². The van der Waals surface area contributed by atoms with Crippen LogP contribution >= 0.6 is 11.6 Å². The number of hydrogen-bond acceptors (Lipinski definition) is 4. The molecule has 110 valence electrons. The number of pyridine rings is 1. The summed E-state index contributed by atoms with van der Waals surface area (Å²) in [5.41, 5.74) is 0.955. The summed E-state index contributed by atoms with van der Waals surface area (Å²) in [6.07, 6.45) is 6.46. The lowest BCUT2D eigenvalue weighted by Gasteiger charge is -2.36. The zero-order chi connectivity index (χ0) is 14.1. The van der Waals surface area contributed by atoms with Crippen LogP contribution in [0.25, 0.3) is 0 Å². The molecule has 4 nitrogen and oxygen atoms in total. The van der Waals surface area contributed by atoms with Crippen LogP contribution in [0.1, 0.15) is 31.4 Å². The number of ether oxygens (including phenoxy) is 2. The van der Waals surface area contributed by atoms with Gasteiger partial charge in [-0.15, -0.1) is 11.6 Å². The molecule has 0 amide bonds. The third kappa shape index (κ3) is 2.47. The van der Waals surface area contributed by atoms with Crippen LogP contribution in [0.5, 0.6) is 11.5 Å². The Hall–Kier alpha value is -1.00. The maximum atomic E-state index is 6.33. The van der Waals surface area contributed by atoms with Gasteiger partial charge in [0.1, 0.15) is 5.69 Å². The van der Waals surface area contributed by atoms with Crippen molar-refractivity contribution in [2.75, 3.05) is 14.2 Å². The Morgan fingerprint density at radius 2 is 1.95 bits per heavy atom. The molecule has 0 spiro atoms. The summed E-state index contributed by atoms with van der Waals surface area (Å²) < 4.78 is 10.8. The minimum absolute atomic E-state index is 0.337.